The summed E-state index contributed by atoms with van der Waals surface area (Å²) >= 11 is 2.79. The van der Waals surface area contributed by atoms with Crippen molar-refractivity contribution < 1.29 is 18.0 Å². The summed E-state index contributed by atoms with van der Waals surface area (Å²) in [5.74, 6) is -0.760. The van der Waals surface area contributed by atoms with Crippen molar-refractivity contribution in [3.63, 3.8) is 0 Å². The lowest BCUT2D eigenvalue weighted by Crippen LogP contribution is -2.15. The van der Waals surface area contributed by atoms with Gasteiger partial charge in [-0.2, -0.15) is 18.4 Å². The Bertz CT molecular complexity index is 462. The van der Waals surface area contributed by atoms with Gasteiger partial charge >= 0.3 is 6.18 Å². The summed E-state index contributed by atoms with van der Waals surface area (Å²) in [5, 5.41) is 8.41. The Balaban J connectivity index is 3.52. The average molecular weight is 292 g/mol. The fourth-order valence-corrected chi connectivity index (χ4v) is 1.53. The van der Waals surface area contributed by atoms with Gasteiger partial charge in [0, 0.05) is 5.56 Å². The van der Waals surface area contributed by atoms with Gasteiger partial charge in [0.15, 0.2) is 5.78 Å². The fraction of sp³-hybridized carbons (Fsp3) is 0.200. The largest absolute Gasteiger partial charge is 0.417 e. The Kier molecular flexibility index (Phi) is 3.70. The Morgan fingerprint density at radius 2 is 2.06 bits per heavy atom. The molecule has 0 fully saturated rings. The molecule has 0 bridgehead atoms. The molecule has 0 saturated carbocycles. The van der Waals surface area contributed by atoms with Crippen LogP contribution in [0.15, 0.2) is 18.2 Å². The Morgan fingerprint density at radius 3 is 2.50 bits per heavy atom. The lowest BCUT2D eigenvalue weighted by molar-refractivity contribution is -0.137. The van der Waals surface area contributed by atoms with Crippen LogP contribution in [0, 0.1) is 11.3 Å². The van der Waals surface area contributed by atoms with Crippen molar-refractivity contribution in [3.8, 4) is 6.07 Å². The highest BCUT2D eigenvalue weighted by molar-refractivity contribution is 9.09. The zero-order valence-electron chi connectivity index (χ0n) is 7.81. The zero-order chi connectivity index (χ0) is 12.3. The third-order valence-corrected chi connectivity index (χ3v) is 2.40. The van der Waals surface area contributed by atoms with E-state index in [0.29, 0.717) is 0 Å². The highest BCUT2D eigenvalue weighted by Gasteiger charge is 2.36. The summed E-state index contributed by atoms with van der Waals surface area (Å²) in [5.41, 5.74) is -1.91. The van der Waals surface area contributed by atoms with Gasteiger partial charge in [-0.3, -0.25) is 4.79 Å². The summed E-state index contributed by atoms with van der Waals surface area (Å²) < 4.78 is 37.8. The molecule has 0 unspecified atom stereocenters. The normalized spacial score (nSPS) is 10.9. The first-order valence-electron chi connectivity index (χ1n) is 4.11. The summed E-state index contributed by atoms with van der Waals surface area (Å²) in [6, 6.07) is 4.66. The molecule has 0 atom stereocenters. The number of nitrogens with zero attached hydrogens (tertiary/aromatic N) is 1. The minimum absolute atomic E-state index is 0.255. The van der Waals surface area contributed by atoms with Gasteiger partial charge in [-0.15, -0.1) is 0 Å². The van der Waals surface area contributed by atoms with Gasteiger partial charge in [0.05, 0.1) is 22.5 Å². The van der Waals surface area contributed by atoms with Gasteiger partial charge in [0.2, 0.25) is 0 Å². The first-order valence-corrected chi connectivity index (χ1v) is 5.23. The predicted molar refractivity (Wildman–Crippen MR) is 54.3 cm³/mol. The maximum atomic E-state index is 12.6. The molecule has 6 heteroatoms. The van der Waals surface area contributed by atoms with Crippen LogP contribution in [0.4, 0.5) is 13.2 Å². The van der Waals surface area contributed by atoms with E-state index < -0.39 is 23.1 Å². The number of ketones is 1. The van der Waals surface area contributed by atoms with E-state index in [1.807, 2.05) is 0 Å². The molecule has 2 nitrogen and oxygen atoms in total. The summed E-state index contributed by atoms with van der Waals surface area (Å²) in [4.78, 5) is 11.4. The van der Waals surface area contributed by atoms with Crippen molar-refractivity contribution in [1.29, 1.82) is 5.26 Å². The number of benzene rings is 1. The second-order valence-electron chi connectivity index (χ2n) is 2.89. The van der Waals surface area contributed by atoms with Crippen LogP contribution in [0.5, 0.6) is 0 Å². The fourth-order valence-electron chi connectivity index (χ4n) is 1.25. The summed E-state index contributed by atoms with van der Waals surface area (Å²) in [6.07, 6.45) is -4.64. The van der Waals surface area contributed by atoms with Gasteiger partial charge in [0.1, 0.15) is 0 Å². The summed E-state index contributed by atoms with van der Waals surface area (Å²) in [7, 11) is 0. The second kappa shape index (κ2) is 4.66. The summed E-state index contributed by atoms with van der Waals surface area (Å²) in [6.45, 7) is 0. The van der Waals surface area contributed by atoms with Crippen molar-refractivity contribution in [2.24, 2.45) is 0 Å². The minimum Gasteiger partial charge on any atom is -0.293 e. The van der Waals surface area contributed by atoms with Gasteiger partial charge < -0.3 is 0 Å². The molecular formula is C10H5BrF3NO. The van der Waals surface area contributed by atoms with E-state index in [1.165, 1.54) is 6.07 Å². The van der Waals surface area contributed by atoms with Crippen molar-refractivity contribution in [3.05, 3.63) is 34.9 Å². The monoisotopic (exact) mass is 291 g/mol. The molecule has 0 spiro atoms. The molecule has 0 saturated heterocycles. The van der Waals surface area contributed by atoms with Crippen LogP contribution < -0.4 is 0 Å². The van der Waals surface area contributed by atoms with E-state index in [-0.39, 0.29) is 10.9 Å². The molecule has 16 heavy (non-hydrogen) atoms. The van der Waals surface area contributed by atoms with Crippen LogP contribution in [0.1, 0.15) is 21.5 Å². The number of rotatable bonds is 2. The molecular weight excluding hydrogens is 287 g/mol. The highest BCUT2D eigenvalue weighted by atomic mass is 79.9. The van der Waals surface area contributed by atoms with Crippen LogP contribution in [0.2, 0.25) is 0 Å². The topological polar surface area (TPSA) is 40.9 Å². The standard InChI is InChI=1S/C10H5BrF3NO/c11-4-8(16)9-6(5-15)2-1-3-7(9)10(12,13)14/h1-3H,4H2. The maximum absolute atomic E-state index is 12.6. The molecule has 1 aromatic carbocycles. The van der Waals surface area contributed by atoms with Crippen LogP contribution in [0.3, 0.4) is 0 Å². The third-order valence-electron chi connectivity index (χ3n) is 1.89. The number of hydrogen-bond acceptors (Lipinski definition) is 2. The van der Waals surface area contributed by atoms with E-state index in [9.17, 15) is 18.0 Å². The number of nitriles is 1. The van der Waals surface area contributed by atoms with E-state index in [0.717, 1.165) is 12.1 Å². The molecule has 0 aliphatic rings. The lowest BCUT2D eigenvalue weighted by Gasteiger charge is -2.12. The Morgan fingerprint density at radius 1 is 1.44 bits per heavy atom. The van der Waals surface area contributed by atoms with Gasteiger partial charge in [0.25, 0.3) is 0 Å². The van der Waals surface area contributed by atoms with E-state index >= 15 is 0 Å². The molecule has 84 valence electrons. The molecule has 0 N–H and O–H groups in total. The van der Waals surface area contributed by atoms with Crippen molar-refractivity contribution in [2.45, 2.75) is 6.18 Å². The van der Waals surface area contributed by atoms with Crippen LogP contribution in [0.25, 0.3) is 0 Å². The Hall–Kier alpha value is -1.35. The molecule has 0 aliphatic heterocycles. The highest BCUT2D eigenvalue weighted by Crippen LogP contribution is 2.33. The number of Topliss-reactive ketones (excluding diaryl/α,β-unsaturated/α-hetero) is 1. The van der Waals surface area contributed by atoms with Crippen molar-refractivity contribution in [2.75, 3.05) is 5.33 Å². The molecule has 0 heterocycles. The van der Waals surface area contributed by atoms with Gasteiger partial charge in [-0.05, 0) is 12.1 Å². The first kappa shape index (κ1) is 12.7. The molecule has 0 radical (unpaired) electrons. The van der Waals surface area contributed by atoms with Gasteiger partial charge in [-0.25, -0.2) is 0 Å². The van der Waals surface area contributed by atoms with E-state index in [2.05, 4.69) is 15.9 Å². The van der Waals surface area contributed by atoms with Gasteiger partial charge in [-0.1, -0.05) is 22.0 Å². The quantitative estimate of drug-likeness (QED) is 0.620. The van der Waals surface area contributed by atoms with Crippen LogP contribution in [-0.2, 0) is 6.18 Å². The van der Waals surface area contributed by atoms with Crippen molar-refractivity contribution >= 4 is 21.7 Å². The SMILES string of the molecule is N#Cc1cccc(C(F)(F)F)c1C(=O)CBr. The predicted octanol–water partition coefficient (Wildman–Crippen LogP) is 3.15. The van der Waals surface area contributed by atoms with Crippen LogP contribution in [-0.4, -0.2) is 11.1 Å². The number of alkyl halides is 4. The zero-order valence-corrected chi connectivity index (χ0v) is 9.39. The van der Waals surface area contributed by atoms with E-state index in [1.54, 1.807) is 6.07 Å². The molecule has 1 rings (SSSR count). The maximum Gasteiger partial charge on any atom is 0.417 e. The number of carbonyl (C=O) groups excluding carboxylic acids is 1. The number of carbonyl (C=O) groups is 1. The molecule has 0 aliphatic carbocycles. The minimum atomic E-state index is -4.64. The first-order chi connectivity index (χ1) is 7.41. The van der Waals surface area contributed by atoms with Crippen LogP contribution >= 0.6 is 15.9 Å². The Labute approximate surface area is 97.8 Å². The molecule has 0 aromatic heterocycles. The average Bonchev–Trinajstić information content (AvgIpc) is 2.25. The van der Waals surface area contributed by atoms with Crippen molar-refractivity contribution in [1.82, 2.24) is 0 Å². The molecule has 1 aromatic rings. The number of hydrogen-bond donors (Lipinski definition) is 0. The third kappa shape index (κ3) is 2.42. The molecule has 0 amide bonds. The second-order valence-corrected chi connectivity index (χ2v) is 3.46. The lowest BCUT2D eigenvalue weighted by atomic mass is 9.98. The smallest absolute Gasteiger partial charge is 0.293 e. The van der Waals surface area contributed by atoms with E-state index in [4.69, 9.17) is 5.26 Å². The number of halogens is 4.